The van der Waals surface area contributed by atoms with Crippen molar-refractivity contribution in [1.82, 2.24) is 4.98 Å². The van der Waals surface area contributed by atoms with Crippen LogP contribution in [0.25, 0.3) is 11.3 Å². The van der Waals surface area contributed by atoms with Gasteiger partial charge in [-0.2, -0.15) is 0 Å². The molecule has 0 atom stereocenters. The van der Waals surface area contributed by atoms with E-state index >= 15 is 0 Å². The zero-order chi connectivity index (χ0) is 14.3. The van der Waals surface area contributed by atoms with Gasteiger partial charge in [-0.05, 0) is 18.2 Å². The first-order chi connectivity index (χ1) is 9.45. The molecular formula is C15H18N2O2S. The zero-order valence-electron chi connectivity index (χ0n) is 11.9. The molecule has 0 fully saturated rings. The van der Waals surface area contributed by atoms with Gasteiger partial charge in [-0.1, -0.05) is 20.8 Å². The Labute approximate surface area is 122 Å². The van der Waals surface area contributed by atoms with Crippen molar-refractivity contribution >= 4 is 16.3 Å². The van der Waals surface area contributed by atoms with Gasteiger partial charge in [0.1, 0.15) is 28.9 Å². The number of rotatable bonds is 1. The van der Waals surface area contributed by atoms with E-state index in [1.807, 2.05) is 18.2 Å². The summed E-state index contributed by atoms with van der Waals surface area (Å²) in [7, 11) is 0. The van der Waals surface area contributed by atoms with E-state index in [-0.39, 0.29) is 5.41 Å². The van der Waals surface area contributed by atoms with Crippen molar-refractivity contribution in [3.05, 3.63) is 23.2 Å². The van der Waals surface area contributed by atoms with Gasteiger partial charge in [-0.25, -0.2) is 4.98 Å². The van der Waals surface area contributed by atoms with Crippen LogP contribution in [0.3, 0.4) is 0 Å². The van der Waals surface area contributed by atoms with Crippen molar-refractivity contribution in [2.45, 2.75) is 26.2 Å². The van der Waals surface area contributed by atoms with Crippen molar-refractivity contribution in [2.75, 3.05) is 18.9 Å². The number of aromatic nitrogens is 1. The third-order valence-corrected chi connectivity index (χ3v) is 4.42. The molecule has 0 saturated carbocycles. The van der Waals surface area contributed by atoms with Gasteiger partial charge >= 0.3 is 0 Å². The number of benzene rings is 1. The Morgan fingerprint density at radius 2 is 1.85 bits per heavy atom. The molecule has 1 aromatic carbocycles. The fourth-order valence-electron chi connectivity index (χ4n) is 2.05. The average molecular weight is 290 g/mol. The normalized spacial score (nSPS) is 14.3. The highest BCUT2D eigenvalue weighted by Crippen LogP contribution is 2.39. The molecule has 4 nitrogen and oxygen atoms in total. The van der Waals surface area contributed by atoms with Crippen LogP contribution in [-0.2, 0) is 5.41 Å². The second-order valence-corrected chi connectivity index (χ2v) is 6.87. The van der Waals surface area contributed by atoms with Crippen LogP contribution in [-0.4, -0.2) is 18.2 Å². The fourth-order valence-corrected chi connectivity index (χ4v) is 2.96. The van der Waals surface area contributed by atoms with Gasteiger partial charge in [0.15, 0.2) is 11.5 Å². The highest BCUT2D eigenvalue weighted by Gasteiger charge is 2.22. The first-order valence-corrected chi connectivity index (χ1v) is 7.43. The number of anilines is 1. The molecule has 0 amide bonds. The first kappa shape index (κ1) is 13.2. The Hall–Kier alpha value is -1.75. The average Bonchev–Trinajstić information content (AvgIpc) is 2.80. The predicted molar refractivity (Wildman–Crippen MR) is 81.7 cm³/mol. The molecule has 1 aliphatic rings. The van der Waals surface area contributed by atoms with Crippen molar-refractivity contribution in [3.63, 3.8) is 0 Å². The number of fused-ring (bicyclic) bond motifs is 1. The molecule has 20 heavy (non-hydrogen) atoms. The van der Waals surface area contributed by atoms with Crippen LogP contribution < -0.4 is 15.2 Å². The summed E-state index contributed by atoms with van der Waals surface area (Å²) in [6.45, 7) is 7.59. The maximum absolute atomic E-state index is 6.13. The largest absolute Gasteiger partial charge is 0.486 e. The van der Waals surface area contributed by atoms with Gasteiger partial charge in [0.05, 0.1) is 0 Å². The molecule has 1 aliphatic heterocycles. The lowest BCUT2D eigenvalue weighted by atomic mass is 9.98. The Morgan fingerprint density at radius 3 is 2.50 bits per heavy atom. The first-order valence-electron chi connectivity index (χ1n) is 6.62. The highest BCUT2D eigenvalue weighted by atomic mass is 32.1. The van der Waals surface area contributed by atoms with Gasteiger partial charge in [0.2, 0.25) is 0 Å². The molecule has 0 unspecified atom stereocenters. The minimum Gasteiger partial charge on any atom is -0.486 e. The van der Waals surface area contributed by atoms with Crippen molar-refractivity contribution in [2.24, 2.45) is 0 Å². The lowest BCUT2D eigenvalue weighted by Crippen LogP contribution is -2.15. The van der Waals surface area contributed by atoms with E-state index in [0.717, 1.165) is 32.8 Å². The number of nitrogens with two attached hydrogens (primary N) is 1. The minimum atomic E-state index is 0.00482. The number of ether oxygens (including phenoxy) is 2. The van der Waals surface area contributed by atoms with Crippen molar-refractivity contribution in [3.8, 4) is 22.8 Å². The van der Waals surface area contributed by atoms with Gasteiger partial charge in [-0.3, -0.25) is 0 Å². The van der Waals surface area contributed by atoms with Crippen LogP contribution >= 0.6 is 11.3 Å². The fraction of sp³-hybridized carbons (Fsp3) is 0.400. The Bertz CT molecular complexity index is 644. The third-order valence-electron chi connectivity index (χ3n) is 3.11. The van der Waals surface area contributed by atoms with E-state index < -0.39 is 0 Å². The van der Waals surface area contributed by atoms with Crippen LogP contribution in [0.4, 0.5) is 5.00 Å². The highest BCUT2D eigenvalue weighted by molar-refractivity contribution is 7.16. The predicted octanol–water partition coefficient (Wildman–Crippen LogP) is 3.46. The summed E-state index contributed by atoms with van der Waals surface area (Å²) in [4.78, 5) is 4.70. The van der Waals surface area contributed by atoms with E-state index in [2.05, 4.69) is 20.8 Å². The lowest BCUT2D eigenvalue weighted by molar-refractivity contribution is 0.171. The molecule has 2 N–H and O–H groups in total. The van der Waals surface area contributed by atoms with Crippen LogP contribution in [0.1, 0.15) is 25.8 Å². The van der Waals surface area contributed by atoms with Crippen LogP contribution in [0, 0.1) is 0 Å². The van der Waals surface area contributed by atoms with E-state index in [1.165, 1.54) is 0 Å². The Balaban J connectivity index is 2.03. The van der Waals surface area contributed by atoms with Gasteiger partial charge in [-0.15, -0.1) is 11.3 Å². The van der Waals surface area contributed by atoms with E-state index in [4.69, 9.17) is 20.2 Å². The minimum absolute atomic E-state index is 0.00482. The van der Waals surface area contributed by atoms with Crippen LogP contribution in [0.15, 0.2) is 18.2 Å². The molecule has 1 aromatic heterocycles. The SMILES string of the molecule is CC(C)(C)c1nc(-c2ccc3c(c2)OCCO3)c(N)s1. The summed E-state index contributed by atoms with van der Waals surface area (Å²) < 4.78 is 11.1. The molecule has 2 aromatic rings. The molecule has 2 heterocycles. The standard InChI is InChI=1S/C15H18N2O2S/c1-15(2,3)14-17-12(13(16)20-14)9-4-5-10-11(8-9)19-7-6-18-10/h4-5,8H,6-7,16H2,1-3H3. The second-order valence-electron chi connectivity index (χ2n) is 5.84. The summed E-state index contributed by atoms with van der Waals surface area (Å²) in [6, 6.07) is 5.84. The molecule has 3 rings (SSSR count). The Morgan fingerprint density at radius 1 is 1.15 bits per heavy atom. The lowest BCUT2D eigenvalue weighted by Gasteiger charge is -2.18. The smallest absolute Gasteiger partial charge is 0.162 e. The summed E-state index contributed by atoms with van der Waals surface area (Å²) in [5, 5.41) is 1.78. The summed E-state index contributed by atoms with van der Waals surface area (Å²) >= 11 is 1.55. The van der Waals surface area contributed by atoms with Gasteiger partial charge in [0.25, 0.3) is 0 Å². The van der Waals surface area contributed by atoms with Gasteiger partial charge in [0, 0.05) is 11.0 Å². The number of hydrogen-bond acceptors (Lipinski definition) is 5. The molecule has 0 bridgehead atoms. The third kappa shape index (κ3) is 2.33. The molecule has 106 valence electrons. The number of nitrogen functional groups attached to an aromatic ring is 1. The maximum Gasteiger partial charge on any atom is 0.162 e. The summed E-state index contributed by atoms with van der Waals surface area (Å²) in [6.07, 6.45) is 0. The summed E-state index contributed by atoms with van der Waals surface area (Å²) in [5.41, 5.74) is 7.94. The summed E-state index contributed by atoms with van der Waals surface area (Å²) in [5.74, 6) is 1.54. The van der Waals surface area contributed by atoms with Crippen molar-refractivity contribution in [1.29, 1.82) is 0 Å². The molecule has 0 spiro atoms. The molecule has 0 radical (unpaired) electrons. The number of hydrogen-bond donors (Lipinski definition) is 1. The van der Waals surface area contributed by atoms with E-state index in [0.29, 0.717) is 13.2 Å². The zero-order valence-corrected chi connectivity index (χ0v) is 12.7. The number of nitrogens with zero attached hydrogens (tertiary/aromatic N) is 1. The van der Waals surface area contributed by atoms with Crippen molar-refractivity contribution < 1.29 is 9.47 Å². The molecule has 0 saturated heterocycles. The van der Waals surface area contributed by atoms with E-state index in [9.17, 15) is 0 Å². The van der Waals surface area contributed by atoms with Crippen LogP contribution in [0.2, 0.25) is 0 Å². The molecule has 0 aliphatic carbocycles. The second kappa shape index (κ2) is 4.66. The molecular weight excluding hydrogens is 272 g/mol. The number of thiazole rings is 1. The monoisotopic (exact) mass is 290 g/mol. The van der Waals surface area contributed by atoms with Crippen LogP contribution in [0.5, 0.6) is 11.5 Å². The Kier molecular flexibility index (Phi) is 3.09. The topological polar surface area (TPSA) is 57.4 Å². The molecule has 5 heteroatoms. The maximum atomic E-state index is 6.13. The van der Waals surface area contributed by atoms with E-state index in [1.54, 1.807) is 11.3 Å². The quantitative estimate of drug-likeness (QED) is 0.874. The van der Waals surface area contributed by atoms with Gasteiger partial charge < -0.3 is 15.2 Å².